The van der Waals surface area contributed by atoms with E-state index in [2.05, 4.69) is 34.5 Å². The summed E-state index contributed by atoms with van der Waals surface area (Å²) in [5, 5.41) is 2.70. The van der Waals surface area contributed by atoms with Gasteiger partial charge in [0.25, 0.3) is 0 Å². The number of Topliss-reactive ketones (excluding diaryl/α,β-unsaturated/α-hetero) is 1. The van der Waals surface area contributed by atoms with Gasteiger partial charge in [-0.25, -0.2) is 0 Å². The Morgan fingerprint density at radius 1 is 0.882 bits per heavy atom. The van der Waals surface area contributed by atoms with E-state index in [-0.39, 0.29) is 17.6 Å². The van der Waals surface area contributed by atoms with Gasteiger partial charge in [0.15, 0.2) is 5.78 Å². The lowest BCUT2D eigenvalue weighted by Gasteiger charge is -2.29. The van der Waals surface area contributed by atoms with Crippen molar-refractivity contribution in [1.82, 2.24) is 5.32 Å². The number of nitrogens with one attached hydrogen (secondary N) is 1. The lowest BCUT2D eigenvalue weighted by molar-refractivity contribution is -0.121. The van der Waals surface area contributed by atoms with Gasteiger partial charge in [0.1, 0.15) is 11.3 Å². The van der Waals surface area contributed by atoms with Crippen LogP contribution in [0.5, 0.6) is 0 Å². The predicted octanol–water partition coefficient (Wildman–Crippen LogP) is 4.54. The maximum atomic E-state index is 13.6. The molecule has 0 aromatic heterocycles. The standard InChI is InChI=1S/C27H25ClN2O3S/c28-21-8-4-5-9-22(21)34-26-25(31)24(29-27(26)32)23(18-6-2-1-3-7-18)19-10-12-20(13-11-19)30-14-16-33-17-15-30/h1-13,23-24,26H,14-17H2,(H,29,32)/t23-,24+,26?/m0/s1. The summed E-state index contributed by atoms with van der Waals surface area (Å²) in [4.78, 5) is 29.5. The second-order valence-corrected chi connectivity index (χ2v) is 9.95. The molecule has 0 bridgehead atoms. The molecule has 1 unspecified atom stereocenters. The molecule has 2 saturated heterocycles. The number of thioether (sulfide) groups is 1. The van der Waals surface area contributed by atoms with Crippen molar-refractivity contribution in [2.45, 2.75) is 22.1 Å². The van der Waals surface area contributed by atoms with Crippen molar-refractivity contribution in [1.29, 1.82) is 0 Å². The normalized spacial score (nSPS) is 21.4. The van der Waals surface area contributed by atoms with Crippen LogP contribution in [0, 0.1) is 0 Å². The second kappa shape index (κ2) is 10.2. The Morgan fingerprint density at radius 3 is 2.24 bits per heavy atom. The summed E-state index contributed by atoms with van der Waals surface area (Å²) >= 11 is 7.51. The fourth-order valence-electron chi connectivity index (χ4n) is 4.57. The second-order valence-electron chi connectivity index (χ2n) is 8.40. The molecule has 5 nitrogen and oxygen atoms in total. The van der Waals surface area contributed by atoms with Gasteiger partial charge in [-0.15, -0.1) is 11.8 Å². The molecule has 2 aliphatic rings. The Kier molecular flexibility index (Phi) is 6.90. The number of nitrogens with zero attached hydrogens (tertiary/aromatic N) is 1. The number of ether oxygens (including phenoxy) is 1. The summed E-state index contributed by atoms with van der Waals surface area (Å²) in [5.74, 6) is -0.681. The maximum absolute atomic E-state index is 13.6. The van der Waals surface area contributed by atoms with Crippen LogP contribution < -0.4 is 10.2 Å². The Labute approximate surface area is 208 Å². The first-order chi connectivity index (χ1) is 16.6. The van der Waals surface area contributed by atoms with Gasteiger partial charge in [-0.3, -0.25) is 9.59 Å². The number of carbonyl (C=O) groups is 2. The third-order valence-electron chi connectivity index (χ3n) is 6.30. The van der Waals surface area contributed by atoms with Gasteiger partial charge < -0.3 is 15.0 Å². The number of amides is 1. The van der Waals surface area contributed by atoms with Crippen LogP contribution in [-0.2, 0) is 14.3 Å². The van der Waals surface area contributed by atoms with Crippen molar-refractivity contribution in [3.63, 3.8) is 0 Å². The van der Waals surface area contributed by atoms with Gasteiger partial charge in [0.05, 0.1) is 18.2 Å². The largest absolute Gasteiger partial charge is 0.378 e. The van der Waals surface area contributed by atoms with Crippen molar-refractivity contribution < 1.29 is 14.3 Å². The molecule has 5 rings (SSSR count). The number of hydrogen-bond donors (Lipinski definition) is 1. The van der Waals surface area contributed by atoms with Crippen LogP contribution in [0.2, 0.25) is 5.02 Å². The minimum absolute atomic E-state index is 0.124. The topological polar surface area (TPSA) is 58.6 Å². The summed E-state index contributed by atoms with van der Waals surface area (Å²) in [7, 11) is 0. The molecule has 2 heterocycles. The molecule has 1 amide bonds. The lowest BCUT2D eigenvalue weighted by Crippen LogP contribution is -2.37. The van der Waals surface area contributed by atoms with E-state index in [1.807, 2.05) is 48.5 Å². The Hall–Kier alpha value is -2.80. The molecule has 7 heteroatoms. The van der Waals surface area contributed by atoms with E-state index in [0.29, 0.717) is 5.02 Å². The molecular weight excluding hydrogens is 468 g/mol. The van der Waals surface area contributed by atoms with Crippen LogP contribution in [0.25, 0.3) is 0 Å². The van der Waals surface area contributed by atoms with Gasteiger partial charge in [0.2, 0.25) is 5.91 Å². The van der Waals surface area contributed by atoms with Gasteiger partial charge in [0, 0.05) is 29.6 Å². The molecular formula is C27H25ClN2O3S. The molecule has 1 N–H and O–H groups in total. The van der Waals surface area contributed by atoms with Crippen molar-refractivity contribution in [2.24, 2.45) is 0 Å². The fraction of sp³-hybridized carbons (Fsp3) is 0.259. The molecule has 0 aliphatic carbocycles. The molecule has 2 fully saturated rings. The molecule has 3 aromatic rings. The van der Waals surface area contributed by atoms with Gasteiger partial charge >= 0.3 is 0 Å². The van der Waals surface area contributed by atoms with Crippen molar-refractivity contribution in [2.75, 3.05) is 31.2 Å². The van der Waals surface area contributed by atoms with Crippen LogP contribution in [0.15, 0.2) is 83.8 Å². The number of halogens is 1. The molecule has 34 heavy (non-hydrogen) atoms. The highest BCUT2D eigenvalue weighted by Gasteiger charge is 2.46. The summed E-state index contributed by atoms with van der Waals surface area (Å²) < 4.78 is 5.46. The third kappa shape index (κ3) is 4.71. The monoisotopic (exact) mass is 492 g/mol. The lowest BCUT2D eigenvalue weighted by atomic mass is 9.84. The number of anilines is 1. The minimum Gasteiger partial charge on any atom is -0.378 e. The van der Waals surface area contributed by atoms with E-state index in [4.69, 9.17) is 16.3 Å². The summed E-state index contributed by atoms with van der Waals surface area (Å²) in [6.07, 6.45) is 0. The molecule has 174 valence electrons. The minimum atomic E-state index is -0.830. The van der Waals surface area contributed by atoms with E-state index in [9.17, 15) is 9.59 Å². The zero-order valence-corrected chi connectivity index (χ0v) is 20.1. The molecule has 0 spiro atoms. The van der Waals surface area contributed by atoms with E-state index >= 15 is 0 Å². The zero-order valence-electron chi connectivity index (χ0n) is 18.5. The predicted molar refractivity (Wildman–Crippen MR) is 136 cm³/mol. The first kappa shape index (κ1) is 23.0. The molecule has 0 radical (unpaired) electrons. The van der Waals surface area contributed by atoms with Gasteiger partial charge in [-0.05, 0) is 35.4 Å². The summed E-state index contributed by atoms with van der Waals surface area (Å²) in [5.41, 5.74) is 3.11. The number of morpholine rings is 1. The zero-order chi connectivity index (χ0) is 23.5. The highest BCUT2D eigenvalue weighted by Crippen LogP contribution is 2.38. The highest BCUT2D eigenvalue weighted by molar-refractivity contribution is 8.01. The van der Waals surface area contributed by atoms with Crippen LogP contribution in [0.3, 0.4) is 0 Å². The van der Waals surface area contributed by atoms with Crippen LogP contribution in [0.4, 0.5) is 5.69 Å². The van der Waals surface area contributed by atoms with Gasteiger partial charge in [-0.2, -0.15) is 0 Å². The summed E-state index contributed by atoms with van der Waals surface area (Å²) in [6.45, 7) is 3.17. The highest BCUT2D eigenvalue weighted by atomic mass is 35.5. The van der Waals surface area contributed by atoms with Crippen LogP contribution >= 0.6 is 23.4 Å². The Bertz CT molecular complexity index is 1170. The van der Waals surface area contributed by atoms with E-state index < -0.39 is 11.3 Å². The summed E-state index contributed by atoms with van der Waals surface area (Å²) in [6, 6.07) is 24.8. The number of ketones is 1. The first-order valence-electron chi connectivity index (χ1n) is 11.3. The molecule has 3 atom stereocenters. The smallest absolute Gasteiger partial charge is 0.241 e. The Balaban J connectivity index is 1.44. The Morgan fingerprint density at radius 2 is 1.53 bits per heavy atom. The number of benzene rings is 3. The SMILES string of the molecule is O=C1N[C@H]([C@@H](c2ccccc2)c2ccc(N3CCOCC3)cc2)C(=O)C1Sc1ccccc1Cl. The molecule has 2 aliphatic heterocycles. The van der Waals surface area contributed by atoms with E-state index in [1.165, 1.54) is 11.8 Å². The van der Waals surface area contributed by atoms with Crippen LogP contribution in [-0.4, -0.2) is 49.3 Å². The number of hydrogen-bond acceptors (Lipinski definition) is 5. The maximum Gasteiger partial charge on any atom is 0.241 e. The quantitative estimate of drug-likeness (QED) is 0.512. The third-order valence-corrected chi connectivity index (χ3v) is 8.04. The molecule has 3 aromatic carbocycles. The average Bonchev–Trinajstić information content (AvgIpc) is 3.15. The van der Waals surface area contributed by atoms with Crippen LogP contribution in [0.1, 0.15) is 17.0 Å². The number of carbonyl (C=O) groups excluding carboxylic acids is 2. The van der Waals surface area contributed by atoms with E-state index in [1.54, 1.807) is 6.07 Å². The first-order valence-corrected chi connectivity index (χ1v) is 12.6. The number of rotatable bonds is 6. The van der Waals surface area contributed by atoms with Crippen molar-refractivity contribution in [3.05, 3.63) is 95.0 Å². The van der Waals surface area contributed by atoms with E-state index in [0.717, 1.165) is 48.0 Å². The fourth-order valence-corrected chi connectivity index (χ4v) is 5.87. The van der Waals surface area contributed by atoms with Crippen molar-refractivity contribution >= 4 is 40.7 Å². The van der Waals surface area contributed by atoms with Gasteiger partial charge in [-0.1, -0.05) is 66.2 Å². The van der Waals surface area contributed by atoms with Crippen molar-refractivity contribution in [3.8, 4) is 0 Å². The molecule has 0 saturated carbocycles. The average molecular weight is 493 g/mol.